The summed E-state index contributed by atoms with van der Waals surface area (Å²) in [5, 5.41) is 5.03. The number of nitrogens with one attached hydrogen (secondary N) is 1. The van der Waals surface area contributed by atoms with Crippen molar-refractivity contribution >= 4 is 23.2 Å². The van der Waals surface area contributed by atoms with Crippen molar-refractivity contribution < 1.29 is 0 Å². The van der Waals surface area contributed by atoms with Crippen LogP contribution in [-0.4, -0.2) is 30.6 Å². The largest absolute Gasteiger partial charge is 0.314 e. The van der Waals surface area contributed by atoms with E-state index < -0.39 is 0 Å². The van der Waals surface area contributed by atoms with Gasteiger partial charge in [0.15, 0.2) is 0 Å². The summed E-state index contributed by atoms with van der Waals surface area (Å²) >= 11 is 12.4. The molecule has 1 aromatic carbocycles. The van der Waals surface area contributed by atoms with E-state index in [1.54, 1.807) is 0 Å². The fourth-order valence-electron chi connectivity index (χ4n) is 3.54. The van der Waals surface area contributed by atoms with Crippen molar-refractivity contribution in [3.8, 4) is 0 Å². The number of piperidine rings is 1. The molecule has 4 heteroatoms. The van der Waals surface area contributed by atoms with Crippen molar-refractivity contribution in [1.82, 2.24) is 10.2 Å². The number of likely N-dealkylation sites (tertiary alicyclic amines) is 1. The lowest BCUT2D eigenvalue weighted by atomic mass is 9.88. The highest BCUT2D eigenvalue weighted by Crippen LogP contribution is 2.29. The highest BCUT2D eigenvalue weighted by atomic mass is 35.5. The maximum atomic E-state index is 6.28. The van der Waals surface area contributed by atoms with E-state index in [0.29, 0.717) is 10.0 Å². The molecule has 0 spiro atoms. The van der Waals surface area contributed by atoms with Gasteiger partial charge in [-0.3, -0.25) is 4.90 Å². The highest BCUT2D eigenvalue weighted by Gasteiger charge is 2.28. The van der Waals surface area contributed by atoms with Crippen molar-refractivity contribution in [2.75, 3.05) is 19.6 Å². The number of rotatable bonds is 3. The van der Waals surface area contributed by atoms with Crippen LogP contribution >= 0.6 is 23.2 Å². The maximum absolute atomic E-state index is 6.28. The topological polar surface area (TPSA) is 15.3 Å². The zero-order valence-corrected chi connectivity index (χ0v) is 13.3. The fourth-order valence-corrected chi connectivity index (χ4v) is 3.92. The molecule has 0 aromatic heterocycles. The summed E-state index contributed by atoms with van der Waals surface area (Å²) in [6.07, 6.45) is 5.32. The van der Waals surface area contributed by atoms with Crippen LogP contribution in [0.5, 0.6) is 0 Å². The quantitative estimate of drug-likeness (QED) is 0.909. The van der Waals surface area contributed by atoms with Gasteiger partial charge >= 0.3 is 0 Å². The third kappa shape index (κ3) is 3.30. The minimum absolute atomic E-state index is 0.661. The normalized spacial score (nSPS) is 25.2. The molecule has 110 valence electrons. The molecular weight excluding hydrogens is 291 g/mol. The fraction of sp³-hybridized carbons (Fsp3) is 0.625. The van der Waals surface area contributed by atoms with Crippen molar-refractivity contribution in [2.45, 2.75) is 38.3 Å². The third-order valence-corrected chi connectivity index (χ3v) is 5.58. The van der Waals surface area contributed by atoms with Crippen LogP contribution < -0.4 is 5.32 Å². The third-order valence-electron chi connectivity index (χ3n) is 4.73. The first-order chi connectivity index (χ1) is 9.74. The van der Waals surface area contributed by atoms with Crippen LogP contribution in [0.15, 0.2) is 18.2 Å². The summed E-state index contributed by atoms with van der Waals surface area (Å²) in [7, 11) is 0. The van der Waals surface area contributed by atoms with E-state index in [1.165, 1.54) is 45.3 Å². The number of hydrogen-bond donors (Lipinski definition) is 1. The van der Waals surface area contributed by atoms with Crippen LogP contribution in [0.1, 0.15) is 31.2 Å². The molecule has 2 heterocycles. The monoisotopic (exact) mass is 312 g/mol. The van der Waals surface area contributed by atoms with E-state index >= 15 is 0 Å². The molecule has 2 nitrogen and oxygen atoms in total. The van der Waals surface area contributed by atoms with Crippen LogP contribution in [0, 0.1) is 5.92 Å². The molecule has 0 amide bonds. The lowest BCUT2D eigenvalue weighted by Gasteiger charge is -2.35. The predicted molar refractivity (Wildman–Crippen MR) is 85.5 cm³/mol. The molecular formula is C16H22Cl2N2. The number of halogens is 2. The Morgan fingerprint density at radius 3 is 2.65 bits per heavy atom. The first-order valence-corrected chi connectivity index (χ1v) is 8.38. The molecule has 2 saturated heterocycles. The molecule has 2 aliphatic rings. The second-order valence-corrected chi connectivity index (χ2v) is 6.81. The van der Waals surface area contributed by atoms with E-state index in [2.05, 4.69) is 16.3 Å². The van der Waals surface area contributed by atoms with Crippen LogP contribution in [0.3, 0.4) is 0 Å². The van der Waals surface area contributed by atoms with Crippen LogP contribution in [0.4, 0.5) is 0 Å². The number of nitrogens with zero attached hydrogens (tertiary/aromatic N) is 1. The summed E-state index contributed by atoms with van der Waals surface area (Å²) in [5.41, 5.74) is 1.15. The van der Waals surface area contributed by atoms with Gasteiger partial charge < -0.3 is 5.32 Å². The van der Waals surface area contributed by atoms with Gasteiger partial charge in [0, 0.05) is 12.6 Å². The van der Waals surface area contributed by atoms with Gasteiger partial charge in [0.1, 0.15) is 0 Å². The predicted octanol–water partition coefficient (Wildman–Crippen LogP) is 3.96. The molecule has 1 atom stereocenters. The molecule has 0 radical (unpaired) electrons. The molecule has 0 aliphatic carbocycles. The summed E-state index contributed by atoms with van der Waals surface area (Å²) in [6.45, 7) is 4.48. The lowest BCUT2D eigenvalue weighted by Crippen LogP contribution is -2.40. The Hall–Kier alpha value is -0.280. The van der Waals surface area contributed by atoms with Gasteiger partial charge in [0.05, 0.1) is 10.0 Å². The Bertz CT molecular complexity index is 450. The van der Waals surface area contributed by atoms with Gasteiger partial charge in [-0.15, -0.1) is 0 Å². The van der Waals surface area contributed by atoms with Gasteiger partial charge in [-0.2, -0.15) is 0 Å². The molecule has 1 N–H and O–H groups in total. The van der Waals surface area contributed by atoms with E-state index in [0.717, 1.165) is 24.1 Å². The molecule has 1 aromatic rings. The molecule has 1 unspecified atom stereocenters. The Morgan fingerprint density at radius 1 is 1.15 bits per heavy atom. The molecule has 3 rings (SSSR count). The Kier molecular flexibility index (Phi) is 4.87. The van der Waals surface area contributed by atoms with Gasteiger partial charge in [-0.25, -0.2) is 0 Å². The van der Waals surface area contributed by atoms with E-state index in [1.807, 2.05) is 12.1 Å². The zero-order chi connectivity index (χ0) is 13.9. The van der Waals surface area contributed by atoms with Gasteiger partial charge in [-0.05, 0) is 62.9 Å². The first kappa shape index (κ1) is 14.6. The minimum atomic E-state index is 0.661. The minimum Gasteiger partial charge on any atom is -0.314 e. The van der Waals surface area contributed by atoms with E-state index in [9.17, 15) is 0 Å². The Labute approximate surface area is 131 Å². The molecule has 0 bridgehead atoms. The first-order valence-electron chi connectivity index (χ1n) is 7.62. The highest BCUT2D eigenvalue weighted by molar-refractivity contribution is 6.42. The number of hydrogen-bond acceptors (Lipinski definition) is 2. The van der Waals surface area contributed by atoms with Crippen LogP contribution in [-0.2, 0) is 6.54 Å². The van der Waals surface area contributed by atoms with Gasteiger partial charge in [0.25, 0.3) is 0 Å². The number of benzene rings is 1. The van der Waals surface area contributed by atoms with Crippen LogP contribution in [0.2, 0.25) is 10.0 Å². The van der Waals surface area contributed by atoms with E-state index in [-0.39, 0.29) is 0 Å². The van der Waals surface area contributed by atoms with Crippen molar-refractivity contribution in [3.05, 3.63) is 33.8 Å². The summed E-state index contributed by atoms with van der Waals surface area (Å²) < 4.78 is 0. The van der Waals surface area contributed by atoms with Crippen molar-refractivity contribution in [2.24, 2.45) is 5.92 Å². The van der Waals surface area contributed by atoms with Gasteiger partial charge in [0.2, 0.25) is 0 Å². The standard InChI is InChI=1S/C16H22Cl2N2/c17-14-4-1-3-13(16(14)18)11-20-9-6-12(7-10-20)15-5-2-8-19-15/h1,3-4,12,15,19H,2,5-11H2. The summed E-state index contributed by atoms with van der Waals surface area (Å²) in [5.74, 6) is 0.864. The Balaban J connectivity index is 1.54. The smallest absolute Gasteiger partial charge is 0.0637 e. The molecule has 20 heavy (non-hydrogen) atoms. The SMILES string of the molecule is Clc1cccc(CN2CCC(C3CCCN3)CC2)c1Cl. The summed E-state index contributed by atoms with van der Waals surface area (Å²) in [4.78, 5) is 2.50. The lowest BCUT2D eigenvalue weighted by molar-refractivity contribution is 0.157. The molecule has 2 aliphatic heterocycles. The summed E-state index contributed by atoms with van der Waals surface area (Å²) in [6, 6.07) is 6.69. The average molecular weight is 313 g/mol. The molecule has 2 fully saturated rings. The second-order valence-electron chi connectivity index (χ2n) is 6.03. The molecule has 0 saturated carbocycles. The van der Waals surface area contributed by atoms with E-state index in [4.69, 9.17) is 23.2 Å². The van der Waals surface area contributed by atoms with Crippen LogP contribution in [0.25, 0.3) is 0 Å². The zero-order valence-electron chi connectivity index (χ0n) is 11.7. The second kappa shape index (κ2) is 6.65. The maximum Gasteiger partial charge on any atom is 0.0637 e. The van der Waals surface area contributed by atoms with Gasteiger partial charge in [-0.1, -0.05) is 35.3 Å². The van der Waals surface area contributed by atoms with Crippen molar-refractivity contribution in [3.63, 3.8) is 0 Å². The Morgan fingerprint density at radius 2 is 1.95 bits per heavy atom. The van der Waals surface area contributed by atoms with Crippen molar-refractivity contribution in [1.29, 1.82) is 0 Å². The average Bonchev–Trinajstić information content (AvgIpc) is 2.99.